The van der Waals surface area contributed by atoms with Gasteiger partial charge < -0.3 is 10.4 Å². The lowest BCUT2D eigenvalue weighted by Gasteiger charge is -2.15. The van der Waals surface area contributed by atoms with Crippen molar-refractivity contribution in [2.24, 2.45) is 0 Å². The van der Waals surface area contributed by atoms with Gasteiger partial charge in [-0.25, -0.2) is 0 Å². The van der Waals surface area contributed by atoms with Gasteiger partial charge in [-0.1, -0.05) is 12.1 Å². The minimum absolute atomic E-state index is 0.200. The number of benzene rings is 1. The lowest BCUT2D eigenvalue weighted by Crippen LogP contribution is -2.18. The molecule has 1 aromatic heterocycles. The highest BCUT2D eigenvalue weighted by Gasteiger charge is 2.11. The van der Waals surface area contributed by atoms with Crippen LogP contribution in [0.1, 0.15) is 24.1 Å². The number of anilines is 1. The summed E-state index contributed by atoms with van der Waals surface area (Å²) in [6.07, 6.45) is 4.12. The fourth-order valence-electron chi connectivity index (χ4n) is 2.69. The van der Waals surface area contributed by atoms with Gasteiger partial charge in [-0.15, -0.1) is 0 Å². The average Bonchev–Trinajstić information content (AvgIpc) is 3.00. The van der Waals surface area contributed by atoms with Crippen molar-refractivity contribution in [1.82, 2.24) is 9.88 Å². The molecule has 1 fully saturated rings. The second-order valence-electron chi connectivity index (χ2n) is 5.54. The number of likely N-dealkylation sites (tertiary alicyclic amines) is 1. The molecule has 4 nitrogen and oxygen atoms in total. The number of aromatic nitrogens is 1. The minimum atomic E-state index is 0.200. The number of nitrogens with zero attached hydrogens (tertiary/aromatic N) is 2. The zero-order chi connectivity index (χ0) is 14.5. The van der Waals surface area contributed by atoms with E-state index in [2.05, 4.69) is 39.5 Å². The predicted octanol–water partition coefficient (Wildman–Crippen LogP) is 3.00. The molecule has 0 amide bonds. The molecule has 0 atom stereocenters. The first-order valence-electron chi connectivity index (χ1n) is 7.49. The molecule has 0 bridgehead atoms. The van der Waals surface area contributed by atoms with E-state index < -0.39 is 0 Å². The summed E-state index contributed by atoms with van der Waals surface area (Å²) in [5, 5.41) is 12.6. The molecule has 0 spiro atoms. The van der Waals surface area contributed by atoms with E-state index in [0.717, 1.165) is 17.9 Å². The Hall–Kier alpha value is -2.07. The lowest BCUT2D eigenvalue weighted by molar-refractivity contribution is 0.331. The molecule has 4 heteroatoms. The lowest BCUT2D eigenvalue weighted by atomic mass is 10.2. The van der Waals surface area contributed by atoms with Crippen molar-refractivity contribution in [2.75, 3.05) is 18.4 Å². The molecule has 3 rings (SSSR count). The zero-order valence-corrected chi connectivity index (χ0v) is 12.1. The largest absolute Gasteiger partial charge is 0.506 e. The van der Waals surface area contributed by atoms with E-state index in [9.17, 15) is 5.11 Å². The molecule has 2 N–H and O–H groups in total. The third-order valence-electron chi connectivity index (χ3n) is 3.81. The van der Waals surface area contributed by atoms with Crippen molar-refractivity contribution < 1.29 is 5.11 Å². The van der Waals surface area contributed by atoms with E-state index in [1.807, 2.05) is 6.07 Å². The maximum absolute atomic E-state index is 9.23. The highest BCUT2D eigenvalue weighted by Crippen LogP contribution is 2.17. The van der Waals surface area contributed by atoms with Crippen LogP contribution >= 0.6 is 0 Å². The first kappa shape index (κ1) is 13.9. The number of nitrogens with one attached hydrogen (secondary N) is 1. The Kier molecular flexibility index (Phi) is 4.36. The Bertz CT molecular complexity index is 577. The average molecular weight is 283 g/mol. The molecule has 0 unspecified atom stereocenters. The Balaban J connectivity index is 1.58. The topological polar surface area (TPSA) is 48.4 Å². The van der Waals surface area contributed by atoms with Crippen LogP contribution in [0.5, 0.6) is 5.75 Å². The summed E-state index contributed by atoms with van der Waals surface area (Å²) in [4.78, 5) is 6.68. The van der Waals surface area contributed by atoms with E-state index in [1.165, 1.54) is 37.7 Å². The van der Waals surface area contributed by atoms with Crippen LogP contribution in [-0.2, 0) is 13.1 Å². The Morgan fingerprint density at radius 3 is 2.76 bits per heavy atom. The summed E-state index contributed by atoms with van der Waals surface area (Å²) < 4.78 is 0. The summed E-state index contributed by atoms with van der Waals surface area (Å²) >= 11 is 0. The fourth-order valence-corrected chi connectivity index (χ4v) is 2.69. The van der Waals surface area contributed by atoms with Crippen molar-refractivity contribution in [3.8, 4) is 5.75 Å². The van der Waals surface area contributed by atoms with Crippen LogP contribution in [0.15, 0.2) is 42.6 Å². The van der Waals surface area contributed by atoms with Gasteiger partial charge in [0.25, 0.3) is 0 Å². The molecule has 0 saturated carbocycles. The van der Waals surface area contributed by atoms with E-state index in [4.69, 9.17) is 0 Å². The normalized spacial score (nSPS) is 15.2. The minimum Gasteiger partial charge on any atom is -0.506 e. The van der Waals surface area contributed by atoms with Gasteiger partial charge in [0.2, 0.25) is 0 Å². The van der Waals surface area contributed by atoms with Gasteiger partial charge in [0, 0.05) is 12.2 Å². The monoisotopic (exact) mass is 283 g/mol. The predicted molar refractivity (Wildman–Crippen MR) is 84.2 cm³/mol. The molecule has 110 valence electrons. The van der Waals surface area contributed by atoms with Crippen molar-refractivity contribution in [1.29, 1.82) is 0 Å². The summed E-state index contributed by atoms with van der Waals surface area (Å²) in [6.45, 7) is 4.13. The first-order valence-corrected chi connectivity index (χ1v) is 7.49. The first-order chi connectivity index (χ1) is 10.3. The summed E-state index contributed by atoms with van der Waals surface area (Å²) in [5.41, 5.74) is 3.37. The molecule has 1 aliphatic heterocycles. The molecule has 1 aliphatic rings. The van der Waals surface area contributed by atoms with E-state index in [-0.39, 0.29) is 5.75 Å². The maximum Gasteiger partial charge on any atom is 0.133 e. The smallest absolute Gasteiger partial charge is 0.133 e. The van der Waals surface area contributed by atoms with Crippen LogP contribution in [0.25, 0.3) is 0 Å². The zero-order valence-electron chi connectivity index (χ0n) is 12.1. The quantitative estimate of drug-likeness (QED) is 0.885. The molecular formula is C17H21N3O. The fraction of sp³-hybridized carbons (Fsp3) is 0.353. The van der Waals surface area contributed by atoms with Crippen molar-refractivity contribution >= 4 is 5.69 Å². The SMILES string of the molecule is Oc1ccc(CNc2cccc(CN3CCCC3)c2)nc1. The standard InChI is InChI=1S/C17H21N3O/c21-17-7-6-16(19-12-17)11-18-15-5-3-4-14(10-15)13-20-8-1-2-9-20/h3-7,10,12,18,21H,1-2,8-9,11,13H2. The number of hydrogen-bond acceptors (Lipinski definition) is 4. The van der Waals surface area contributed by atoms with Crippen LogP contribution in [-0.4, -0.2) is 28.1 Å². The van der Waals surface area contributed by atoms with Crippen LogP contribution in [0.3, 0.4) is 0 Å². The molecule has 1 aromatic carbocycles. The summed E-state index contributed by atoms with van der Waals surface area (Å²) in [6, 6.07) is 12.1. The van der Waals surface area contributed by atoms with Gasteiger partial charge >= 0.3 is 0 Å². The number of rotatable bonds is 5. The number of pyridine rings is 1. The van der Waals surface area contributed by atoms with Crippen LogP contribution in [0.4, 0.5) is 5.69 Å². The van der Waals surface area contributed by atoms with Gasteiger partial charge in [0.15, 0.2) is 0 Å². The second kappa shape index (κ2) is 6.59. The van der Waals surface area contributed by atoms with Gasteiger partial charge in [-0.3, -0.25) is 9.88 Å². The summed E-state index contributed by atoms with van der Waals surface area (Å²) in [5.74, 6) is 0.200. The summed E-state index contributed by atoms with van der Waals surface area (Å²) in [7, 11) is 0. The van der Waals surface area contributed by atoms with Crippen molar-refractivity contribution in [3.63, 3.8) is 0 Å². The molecule has 2 aromatic rings. The molecule has 2 heterocycles. The van der Waals surface area contributed by atoms with E-state index >= 15 is 0 Å². The Morgan fingerprint density at radius 2 is 2.00 bits per heavy atom. The van der Waals surface area contributed by atoms with Gasteiger partial charge in [0.05, 0.1) is 18.4 Å². The second-order valence-corrected chi connectivity index (χ2v) is 5.54. The number of hydrogen-bond donors (Lipinski definition) is 2. The number of aromatic hydroxyl groups is 1. The van der Waals surface area contributed by atoms with Gasteiger partial charge in [-0.2, -0.15) is 0 Å². The van der Waals surface area contributed by atoms with Crippen molar-refractivity contribution in [2.45, 2.75) is 25.9 Å². The van der Waals surface area contributed by atoms with Crippen LogP contribution < -0.4 is 5.32 Å². The van der Waals surface area contributed by atoms with Crippen LogP contribution in [0.2, 0.25) is 0 Å². The van der Waals surface area contributed by atoms with E-state index in [1.54, 1.807) is 6.07 Å². The maximum atomic E-state index is 9.23. The van der Waals surface area contributed by atoms with Gasteiger partial charge in [0.1, 0.15) is 5.75 Å². The molecule has 21 heavy (non-hydrogen) atoms. The Morgan fingerprint density at radius 1 is 1.14 bits per heavy atom. The third kappa shape index (κ3) is 3.95. The Labute approximate surface area is 125 Å². The highest BCUT2D eigenvalue weighted by molar-refractivity contribution is 5.46. The molecule has 0 aliphatic carbocycles. The molecule has 0 radical (unpaired) electrons. The van der Waals surface area contributed by atoms with Crippen LogP contribution in [0, 0.1) is 0 Å². The van der Waals surface area contributed by atoms with Crippen molar-refractivity contribution in [3.05, 3.63) is 53.9 Å². The molecule has 1 saturated heterocycles. The van der Waals surface area contributed by atoms with E-state index in [0.29, 0.717) is 6.54 Å². The highest BCUT2D eigenvalue weighted by atomic mass is 16.3. The van der Waals surface area contributed by atoms with Gasteiger partial charge in [-0.05, 0) is 55.8 Å². The third-order valence-corrected chi connectivity index (χ3v) is 3.81. The molecular weight excluding hydrogens is 262 g/mol.